The van der Waals surface area contributed by atoms with Crippen LogP contribution in [0.3, 0.4) is 0 Å². The molecule has 0 aliphatic carbocycles. The van der Waals surface area contributed by atoms with E-state index in [2.05, 4.69) is 24.3 Å². The smallest absolute Gasteiger partial charge is 0.152 e. The standard InChI is InChI=1S/C14H20N4O/c1-9(2)18-14(13(15)10(3)17-18)16-11-7-5-6-8-12(11)19-4/h5-9,16H,15H2,1-4H3. The van der Waals surface area contributed by atoms with E-state index < -0.39 is 0 Å². The Hall–Kier alpha value is -2.17. The Morgan fingerprint density at radius 2 is 2.00 bits per heavy atom. The molecule has 0 aliphatic heterocycles. The molecule has 2 rings (SSSR count). The highest BCUT2D eigenvalue weighted by molar-refractivity contribution is 5.74. The molecule has 0 spiro atoms. The van der Waals surface area contributed by atoms with Gasteiger partial charge in [-0.15, -0.1) is 0 Å². The number of hydrogen-bond donors (Lipinski definition) is 2. The number of anilines is 3. The monoisotopic (exact) mass is 260 g/mol. The molecule has 0 saturated heterocycles. The Kier molecular flexibility index (Phi) is 3.64. The van der Waals surface area contributed by atoms with E-state index in [9.17, 15) is 0 Å². The number of hydrogen-bond acceptors (Lipinski definition) is 4. The van der Waals surface area contributed by atoms with Crippen LogP contribution < -0.4 is 15.8 Å². The first-order chi connectivity index (χ1) is 9.04. The molecular weight excluding hydrogens is 240 g/mol. The summed E-state index contributed by atoms with van der Waals surface area (Å²) in [5.74, 6) is 1.58. The minimum Gasteiger partial charge on any atom is -0.495 e. The first-order valence-electron chi connectivity index (χ1n) is 6.29. The number of nitrogens with zero attached hydrogens (tertiary/aromatic N) is 2. The van der Waals surface area contributed by atoms with Crippen LogP contribution in [0.4, 0.5) is 17.2 Å². The topological polar surface area (TPSA) is 65.1 Å². The van der Waals surface area contributed by atoms with Crippen molar-refractivity contribution in [3.63, 3.8) is 0 Å². The van der Waals surface area contributed by atoms with Crippen LogP contribution in [0.1, 0.15) is 25.6 Å². The van der Waals surface area contributed by atoms with Crippen LogP contribution >= 0.6 is 0 Å². The van der Waals surface area contributed by atoms with Crippen LogP contribution in [0.15, 0.2) is 24.3 Å². The molecule has 0 unspecified atom stereocenters. The zero-order valence-corrected chi connectivity index (χ0v) is 11.8. The number of nitrogen functional groups attached to an aromatic ring is 1. The Labute approximate surface area is 113 Å². The average molecular weight is 260 g/mol. The second-order valence-electron chi connectivity index (χ2n) is 4.71. The molecule has 0 aliphatic rings. The molecule has 0 amide bonds. The van der Waals surface area contributed by atoms with Crippen molar-refractivity contribution in [2.24, 2.45) is 0 Å². The number of aryl methyl sites for hydroxylation is 1. The van der Waals surface area contributed by atoms with Crippen LogP contribution in [0, 0.1) is 6.92 Å². The lowest BCUT2D eigenvalue weighted by Gasteiger charge is -2.15. The predicted octanol–water partition coefficient (Wildman–Crippen LogP) is 3.11. The van der Waals surface area contributed by atoms with Crippen LogP contribution in [-0.2, 0) is 0 Å². The van der Waals surface area contributed by atoms with Gasteiger partial charge in [0.25, 0.3) is 0 Å². The van der Waals surface area contributed by atoms with Crippen molar-refractivity contribution in [2.45, 2.75) is 26.8 Å². The number of benzene rings is 1. The molecule has 5 heteroatoms. The maximum Gasteiger partial charge on any atom is 0.152 e. The maximum absolute atomic E-state index is 6.09. The number of nitrogens with one attached hydrogen (secondary N) is 1. The fourth-order valence-electron chi connectivity index (χ4n) is 1.93. The minimum atomic E-state index is 0.230. The molecule has 2 aromatic rings. The van der Waals surface area contributed by atoms with Gasteiger partial charge in [-0.1, -0.05) is 12.1 Å². The normalized spacial score (nSPS) is 10.8. The Morgan fingerprint density at radius 3 is 2.63 bits per heavy atom. The second kappa shape index (κ2) is 5.22. The molecule has 0 bridgehead atoms. The predicted molar refractivity (Wildman–Crippen MR) is 78.0 cm³/mol. The summed E-state index contributed by atoms with van der Waals surface area (Å²) in [5, 5.41) is 7.76. The number of methoxy groups -OCH3 is 1. The van der Waals surface area contributed by atoms with E-state index in [4.69, 9.17) is 10.5 Å². The van der Waals surface area contributed by atoms with Gasteiger partial charge in [0.05, 0.1) is 24.2 Å². The van der Waals surface area contributed by atoms with Crippen molar-refractivity contribution in [3.05, 3.63) is 30.0 Å². The summed E-state index contributed by atoms with van der Waals surface area (Å²) in [6.45, 7) is 6.04. The molecule has 3 N–H and O–H groups in total. The average Bonchev–Trinajstić information content (AvgIpc) is 2.68. The van der Waals surface area contributed by atoms with Crippen molar-refractivity contribution in [1.29, 1.82) is 0 Å². The number of ether oxygens (including phenoxy) is 1. The molecule has 0 saturated carbocycles. The van der Waals surface area contributed by atoms with E-state index in [0.717, 1.165) is 22.9 Å². The van der Waals surface area contributed by atoms with Gasteiger partial charge in [-0.2, -0.15) is 5.10 Å². The van der Waals surface area contributed by atoms with Gasteiger partial charge in [-0.3, -0.25) is 0 Å². The highest BCUT2D eigenvalue weighted by Crippen LogP contribution is 2.32. The lowest BCUT2D eigenvalue weighted by atomic mass is 10.3. The number of rotatable bonds is 4. The van der Waals surface area contributed by atoms with Crippen LogP contribution in [0.2, 0.25) is 0 Å². The van der Waals surface area contributed by atoms with E-state index in [-0.39, 0.29) is 6.04 Å². The highest BCUT2D eigenvalue weighted by atomic mass is 16.5. The van der Waals surface area contributed by atoms with E-state index in [1.165, 1.54) is 0 Å². The molecule has 5 nitrogen and oxygen atoms in total. The number of nitrogens with two attached hydrogens (primary N) is 1. The molecule has 102 valence electrons. The first-order valence-corrected chi connectivity index (χ1v) is 6.29. The van der Waals surface area contributed by atoms with Gasteiger partial charge >= 0.3 is 0 Å². The Bertz CT molecular complexity index is 575. The fraction of sp³-hybridized carbons (Fsp3) is 0.357. The van der Waals surface area contributed by atoms with Crippen molar-refractivity contribution in [1.82, 2.24) is 9.78 Å². The lowest BCUT2D eigenvalue weighted by molar-refractivity contribution is 0.416. The molecule has 0 atom stereocenters. The summed E-state index contributed by atoms with van der Waals surface area (Å²) in [6, 6.07) is 7.96. The molecule has 1 aromatic heterocycles. The van der Waals surface area contributed by atoms with Gasteiger partial charge in [-0.05, 0) is 32.9 Å². The van der Waals surface area contributed by atoms with Gasteiger partial charge in [0.1, 0.15) is 5.75 Å². The van der Waals surface area contributed by atoms with Crippen molar-refractivity contribution < 1.29 is 4.74 Å². The van der Waals surface area contributed by atoms with Crippen molar-refractivity contribution in [2.75, 3.05) is 18.2 Å². The fourth-order valence-corrected chi connectivity index (χ4v) is 1.93. The molecule has 0 radical (unpaired) electrons. The quantitative estimate of drug-likeness (QED) is 0.886. The lowest BCUT2D eigenvalue weighted by Crippen LogP contribution is -2.08. The summed E-state index contributed by atoms with van der Waals surface area (Å²) < 4.78 is 7.22. The largest absolute Gasteiger partial charge is 0.495 e. The van der Waals surface area contributed by atoms with Gasteiger partial charge in [0, 0.05) is 6.04 Å². The molecular formula is C14H20N4O. The van der Waals surface area contributed by atoms with Crippen LogP contribution in [-0.4, -0.2) is 16.9 Å². The zero-order valence-electron chi connectivity index (χ0n) is 11.8. The zero-order chi connectivity index (χ0) is 14.0. The minimum absolute atomic E-state index is 0.230. The Balaban J connectivity index is 2.43. The van der Waals surface area contributed by atoms with E-state index in [1.807, 2.05) is 35.9 Å². The van der Waals surface area contributed by atoms with Crippen LogP contribution in [0.5, 0.6) is 5.75 Å². The number of para-hydroxylation sites is 2. The van der Waals surface area contributed by atoms with Gasteiger partial charge in [-0.25, -0.2) is 4.68 Å². The van der Waals surface area contributed by atoms with Gasteiger partial charge < -0.3 is 15.8 Å². The molecule has 0 fully saturated rings. The summed E-state index contributed by atoms with van der Waals surface area (Å²) in [4.78, 5) is 0. The van der Waals surface area contributed by atoms with E-state index >= 15 is 0 Å². The van der Waals surface area contributed by atoms with Crippen molar-refractivity contribution >= 4 is 17.2 Å². The maximum atomic E-state index is 6.09. The first kappa shape index (κ1) is 13.3. The van der Waals surface area contributed by atoms with E-state index in [0.29, 0.717) is 5.69 Å². The SMILES string of the molecule is COc1ccccc1Nc1c(N)c(C)nn1C(C)C. The van der Waals surface area contributed by atoms with Gasteiger partial charge in [0.15, 0.2) is 5.82 Å². The third kappa shape index (κ3) is 2.50. The summed E-state index contributed by atoms with van der Waals surface area (Å²) in [7, 11) is 1.65. The van der Waals surface area contributed by atoms with Gasteiger partial charge in [0.2, 0.25) is 0 Å². The number of aromatic nitrogens is 2. The third-order valence-corrected chi connectivity index (χ3v) is 2.98. The molecule has 19 heavy (non-hydrogen) atoms. The highest BCUT2D eigenvalue weighted by Gasteiger charge is 2.15. The second-order valence-corrected chi connectivity index (χ2v) is 4.71. The van der Waals surface area contributed by atoms with Crippen LogP contribution in [0.25, 0.3) is 0 Å². The molecule has 1 heterocycles. The van der Waals surface area contributed by atoms with E-state index in [1.54, 1.807) is 7.11 Å². The molecule has 1 aromatic carbocycles. The Morgan fingerprint density at radius 1 is 1.32 bits per heavy atom. The van der Waals surface area contributed by atoms with Crippen molar-refractivity contribution in [3.8, 4) is 5.75 Å². The summed E-state index contributed by atoms with van der Waals surface area (Å²) in [5.41, 5.74) is 8.46. The summed E-state index contributed by atoms with van der Waals surface area (Å²) >= 11 is 0. The third-order valence-electron chi connectivity index (χ3n) is 2.98. The summed E-state index contributed by atoms with van der Waals surface area (Å²) in [6.07, 6.45) is 0.